The highest BCUT2D eigenvalue weighted by atomic mass is 32.2. The Morgan fingerprint density at radius 1 is 1.27 bits per heavy atom. The van der Waals surface area contributed by atoms with Gasteiger partial charge in [0.2, 0.25) is 0 Å². The molecule has 1 heterocycles. The molecule has 2 aromatic carbocycles. The molecule has 0 aromatic heterocycles. The first kappa shape index (κ1) is 22.9. The molecule has 2 aromatic rings. The third kappa shape index (κ3) is 5.10. The van der Waals surface area contributed by atoms with E-state index in [1.165, 1.54) is 0 Å². The smallest absolute Gasteiger partial charge is 0.134 e. The van der Waals surface area contributed by atoms with E-state index in [1.807, 2.05) is 42.6 Å². The Kier molecular flexibility index (Phi) is 8.42. The molecule has 1 aliphatic heterocycles. The summed E-state index contributed by atoms with van der Waals surface area (Å²) in [6.07, 6.45) is 9.30. The molecule has 0 spiro atoms. The molecule has 2 atom stereocenters. The van der Waals surface area contributed by atoms with E-state index in [-0.39, 0.29) is 6.04 Å². The number of fused-ring (bicyclic) bond motifs is 1. The number of likely N-dealkylation sites (N-methyl/N-ethyl adjacent to an activating group) is 1. The van der Waals surface area contributed by atoms with Crippen molar-refractivity contribution in [2.75, 3.05) is 31.4 Å². The van der Waals surface area contributed by atoms with Crippen molar-refractivity contribution in [1.82, 2.24) is 4.31 Å². The molecule has 30 heavy (non-hydrogen) atoms. The minimum Gasteiger partial charge on any atom is -0.488 e. The zero-order valence-electron chi connectivity index (χ0n) is 18.3. The van der Waals surface area contributed by atoms with Crippen LogP contribution in [0.1, 0.15) is 33.1 Å². The Hall–Kier alpha value is -1.76. The van der Waals surface area contributed by atoms with Crippen LogP contribution in [0.3, 0.4) is 0 Å². The van der Waals surface area contributed by atoms with Gasteiger partial charge < -0.3 is 9.64 Å². The lowest BCUT2D eigenvalue weighted by Gasteiger charge is -2.29. The van der Waals surface area contributed by atoms with Gasteiger partial charge in [-0.25, -0.2) is 8.51 Å². The maximum absolute atomic E-state index is 13.6. The monoisotopic (exact) mass is 444 g/mol. The van der Waals surface area contributed by atoms with Crippen LogP contribution in [0.2, 0.25) is 0 Å². The van der Waals surface area contributed by atoms with Crippen molar-refractivity contribution in [2.24, 2.45) is 0 Å². The summed E-state index contributed by atoms with van der Waals surface area (Å²) in [4.78, 5) is 4.20. The second kappa shape index (κ2) is 11.0. The van der Waals surface area contributed by atoms with Crippen LogP contribution >= 0.6 is 11.8 Å². The molecule has 0 saturated carbocycles. The van der Waals surface area contributed by atoms with Crippen LogP contribution in [0, 0.1) is 0 Å². The molecule has 0 fully saturated rings. The van der Waals surface area contributed by atoms with Crippen molar-refractivity contribution < 1.29 is 8.95 Å². The van der Waals surface area contributed by atoms with E-state index in [2.05, 4.69) is 48.4 Å². The molecule has 0 bridgehead atoms. The number of unbranched alkanes of at least 4 members (excludes halogenated alkanes) is 1. The molecule has 162 valence electrons. The number of hydrogen-bond acceptors (Lipinski definition) is 4. The van der Waals surface area contributed by atoms with Crippen LogP contribution in [0.15, 0.2) is 64.4 Å². The first-order valence-corrected chi connectivity index (χ1v) is 12.9. The second-order valence-corrected chi connectivity index (χ2v) is 9.75. The van der Waals surface area contributed by atoms with Crippen LogP contribution in [-0.2, 0) is 11.0 Å². The second-order valence-electron chi connectivity index (χ2n) is 7.39. The first-order chi connectivity index (χ1) is 14.6. The topological polar surface area (TPSA) is 32.8 Å². The van der Waals surface area contributed by atoms with Crippen molar-refractivity contribution >= 4 is 34.1 Å². The van der Waals surface area contributed by atoms with Gasteiger partial charge in [0.05, 0.1) is 15.5 Å². The number of rotatable bonds is 8. The molecule has 2 unspecified atom stereocenters. The summed E-state index contributed by atoms with van der Waals surface area (Å²) in [5.41, 5.74) is 2.13. The number of anilines is 2. The van der Waals surface area contributed by atoms with Gasteiger partial charge in [-0.3, -0.25) is 0 Å². The fraction of sp³-hybridized carbons (Fsp3) is 0.417. The average Bonchev–Trinajstić information content (AvgIpc) is 2.88. The predicted molar refractivity (Wildman–Crippen MR) is 129 cm³/mol. The summed E-state index contributed by atoms with van der Waals surface area (Å²) in [6, 6.07) is 14.8. The number of benzene rings is 2. The van der Waals surface area contributed by atoms with Gasteiger partial charge in [-0.1, -0.05) is 50.1 Å². The van der Waals surface area contributed by atoms with E-state index < -0.39 is 11.0 Å². The maximum Gasteiger partial charge on any atom is 0.134 e. The maximum atomic E-state index is 13.6. The normalized spacial score (nSPS) is 19.7. The van der Waals surface area contributed by atoms with Crippen LogP contribution < -0.4 is 9.64 Å². The number of allylic oxidation sites excluding steroid dienone is 1. The summed E-state index contributed by atoms with van der Waals surface area (Å²) in [6.45, 7) is 5.50. The van der Waals surface area contributed by atoms with Crippen LogP contribution in [0.5, 0.6) is 5.75 Å². The van der Waals surface area contributed by atoms with E-state index in [4.69, 9.17) is 4.74 Å². The summed E-state index contributed by atoms with van der Waals surface area (Å²) < 4.78 is 21.6. The van der Waals surface area contributed by atoms with Gasteiger partial charge in [-0.05, 0) is 37.8 Å². The highest BCUT2D eigenvalue weighted by Crippen LogP contribution is 2.42. The Balaban J connectivity index is 2.11. The molecule has 3 rings (SSSR count). The molecular weight excluding hydrogens is 412 g/mol. The van der Waals surface area contributed by atoms with Gasteiger partial charge in [0.15, 0.2) is 0 Å². The van der Waals surface area contributed by atoms with Gasteiger partial charge in [0.1, 0.15) is 23.3 Å². The van der Waals surface area contributed by atoms with E-state index in [9.17, 15) is 4.21 Å². The summed E-state index contributed by atoms with van der Waals surface area (Å²) in [5.74, 6) is 0.793. The Morgan fingerprint density at radius 2 is 2.03 bits per heavy atom. The Labute approximate surface area is 187 Å². The SMILES string of the molecule is C/C=C/COc1cc2c(cc1SC)N(c1ccccc1)CC(CCCC)N(C)S2=O. The van der Waals surface area contributed by atoms with E-state index in [1.54, 1.807) is 11.8 Å². The minimum atomic E-state index is -1.25. The summed E-state index contributed by atoms with van der Waals surface area (Å²) in [5, 5.41) is 0. The van der Waals surface area contributed by atoms with Crippen LogP contribution in [0.4, 0.5) is 11.4 Å². The summed E-state index contributed by atoms with van der Waals surface area (Å²) in [7, 11) is 0.735. The lowest BCUT2D eigenvalue weighted by Crippen LogP contribution is -2.38. The largest absolute Gasteiger partial charge is 0.488 e. The molecule has 0 N–H and O–H groups in total. The molecule has 0 aliphatic carbocycles. The van der Waals surface area contributed by atoms with Gasteiger partial charge >= 0.3 is 0 Å². The highest BCUT2D eigenvalue weighted by molar-refractivity contribution is 7.98. The average molecular weight is 445 g/mol. The quantitative estimate of drug-likeness (QED) is 0.368. The highest BCUT2D eigenvalue weighted by Gasteiger charge is 2.32. The number of hydrogen-bond donors (Lipinski definition) is 0. The van der Waals surface area contributed by atoms with Gasteiger partial charge in [-0.15, -0.1) is 11.8 Å². The number of thioether (sulfide) groups is 1. The lowest BCUT2D eigenvalue weighted by atomic mass is 10.1. The lowest BCUT2D eigenvalue weighted by molar-refractivity contribution is 0.353. The molecule has 6 heteroatoms. The van der Waals surface area contributed by atoms with Crippen molar-refractivity contribution in [3.05, 3.63) is 54.6 Å². The van der Waals surface area contributed by atoms with E-state index in [0.717, 1.165) is 52.7 Å². The van der Waals surface area contributed by atoms with Crippen molar-refractivity contribution in [3.8, 4) is 5.75 Å². The Bertz CT molecular complexity index is 886. The standard InChI is InChI=1S/C24H32N2O2S2/c1-5-7-12-20-18-26(19-13-10-9-11-14-19)21-16-23(29-4)22(28-15-8-6-2)17-24(21)30(27)25(20)3/h6,8-11,13-14,16-17,20H,5,7,12,15,18H2,1-4H3/b8-6+. The third-order valence-corrected chi connectivity index (χ3v) is 7.71. The van der Waals surface area contributed by atoms with Crippen molar-refractivity contribution in [1.29, 1.82) is 0 Å². The zero-order chi connectivity index (χ0) is 21.5. The first-order valence-electron chi connectivity index (χ1n) is 10.5. The van der Waals surface area contributed by atoms with Gasteiger partial charge in [-0.2, -0.15) is 0 Å². The van der Waals surface area contributed by atoms with Gasteiger partial charge in [0, 0.05) is 31.4 Å². The Morgan fingerprint density at radius 3 is 2.70 bits per heavy atom. The number of nitrogens with zero attached hydrogens (tertiary/aromatic N) is 2. The number of ether oxygens (including phenoxy) is 1. The van der Waals surface area contributed by atoms with Crippen LogP contribution in [-0.4, -0.2) is 41.0 Å². The minimum absolute atomic E-state index is 0.212. The fourth-order valence-corrected chi connectivity index (χ4v) is 5.53. The molecular formula is C24H32N2O2S2. The van der Waals surface area contributed by atoms with Gasteiger partial charge in [0.25, 0.3) is 0 Å². The van der Waals surface area contributed by atoms with Crippen molar-refractivity contribution in [3.63, 3.8) is 0 Å². The summed E-state index contributed by atoms with van der Waals surface area (Å²) >= 11 is 1.66. The fourth-order valence-electron chi connectivity index (χ4n) is 3.67. The zero-order valence-corrected chi connectivity index (χ0v) is 20.0. The van der Waals surface area contributed by atoms with E-state index in [0.29, 0.717) is 6.61 Å². The predicted octanol–water partition coefficient (Wildman–Crippen LogP) is 6.03. The molecule has 4 nitrogen and oxygen atoms in total. The molecule has 0 radical (unpaired) electrons. The molecule has 1 aliphatic rings. The van der Waals surface area contributed by atoms with E-state index >= 15 is 0 Å². The number of para-hydroxylation sites is 1. The molecule has 0 amide bonds. The molecule has 0 saturated heterocycles. The van der Waals surface area contributed by atoms with Crippen molar-refractivity contribution in [2.45, 2.75) is 48.9 Å². The third-order valence-electron chi connectivity index (χ3n) is 5.42. The van der Waals surface area contributed by atoms with Crippen LogP contribution in [0.25, 0.3) is 0 Å².